The van der Waals surface area contributed by atoms with Crippen LogP contribution in [-0.4, -0.2) is 44.8 Å². The highest BCUT2D eigenvalue weighted by Gasteiger charge is 2.22. The molecule has 1 aromatic rings. The molecule has 5 nitrogen and oxygen atoms in total. The third-order valence-corrected chi connectivity index (χ3v) is 3.50. The number of fused-ring (bicyclic) bond motifs is 1. The Hall–Kier alpha value is -1.75. The fourth-order valence-corrected chi connectivity index (χ4v) is 2.38. The van der Waals surface area contributed by atoms with Gasteiger partial charge in [-0.25, -0.2) is 0 Å². The van der Waals surface area contributed by atoms with Gasteiger partial charge in [0, 0.05) is 19.7 Å². The monoisotopic (exact) mass is 279 g/mol. The van der Waals surface area contributed by atoms with Crippen LogP contribution in [0.25, 0.3) is 0 Å². The summed E-state index contributed by atoms with van der Waals surface area (Å²) in [4.78, 5) is 13.8. The molecule has 0 unspecified atom stereocenters. The molecule has 1 aliphatic rings. The van der Waals surface area contributed by atoms with Crippen molar-refractivity contribution in [3.8, 4) is 11.5 Å². The molecule has 0 saturated heterocycles. The highest BCUT2D eigenvalue weighted by atomic mass is 16.5. The normalized spacial score (nSPS) is 13.8. The van der Waals surface area contributed by atoms with E-state index in [1.807, 2.05) is 24.0 Å². The molecule has 0 saturated carbocycles. The van der Waals surface area contributed by atoms with Gasteiger partial charge in [-0.3, -0.25) is 4.79 Å². The molecule has 110 valence electrons. The zero-order valence-corrected chi connectivity index (χ0v) is 12.3. The van der Waals surface area contributed by atoms with Crippen molar-refractivity contribution in [1.29, 1.82) is 0 Å². The maximum Gasteiger partial charge on any atom is 0.248 e. The molecule has 0 spiro atoms. The van der Waals surface area contributed by atoms with Gasteiger partial charge < -0.3 is 19.1 Å². The standard InChI is InChI=1S/C15H21NO4/c1-4-20-10-15(17)16-6-5-11-7-13(18-2)14(19-3)8-12(11)9-16/h7-8H,4-6,9-10H2,1-3H3. The van der Waals surface area contributed by atoms with E-state index in [0.717, 1.165) is 17.7 Å². The molecule has 0 radical (unpaired) electrons. The smallest absolute Gasteiger partial charge is 0.248 e. The highest BCUT2D eigenvalue weighted by Crippen LogP contribution is 2.33. The molecule has 2 rings (SSSR count). The Morgan fingerprint density at radius 2 is 1.85 bits per heavy atom. The largest absolute Gasteiger partial charge is 0.493 e. The van der Waals surface area contributed by atoms with E-state index in [2.05, 4.69) is 0 Å². The Morgan fingerprint density at radius 3 is 2.45 bits per heavy atom. The van der Waals surface area contributed by atoms with Crippen molar-refractivity contribution in [2.24, 2.45) is 0 Å². The van der Waals surface area contributed by atoms with Crippen molar-refractivity contribution in [2.75, 3.05) is 34.0 Å². The molecule has 20 heavy (non-hydrogen) atoms. The molecule has 0 atom stereocenters. The van der Waals surface area contributed by atoms with Crippen molar-refractivity contribution in [1.82, 2.24) is 4.90 Å². The molecule has 0 N–H and O–H groups in total. The summed E-state index contributed by atoms with van der Waals surface area (Å²) in [6.07, 6.45) is 0.827. The van der Waals surface area contributed by atoms with Crippen LogP contribution in [0.1, 0.15) is 18.1 Å². The number of benzene rings is 1. The maximum absolute atomic E-state index is 12.0. The van der Waals surface area contributed by atoms with Gasteiger partial charge in [-0.2, -0.15) is 0 Å². The second-order valence-corrected chi connectivity index (χ2v) is 4.68. The van der Waals surface area contributed by atoms with Gasteiger partial charge in [-0.05, 0) is 36.6 Å². The number of carbonyl (C=O) groups excluding carboxylic acids is 1. The molecule has 1 amide bonds. The molecule has 0 bridgehead atoms. The summed E-state index contributed by atoms with van der Waals surface area (Å²) in [6.45, 7) is 3.91. The Balaban J connectivity index is 2.15. The van der Waals surface area contributed by atoms with Crippen LogP contribution in [0.2, 0.25) is 0 Å². The summed E-state index contributed by atoms with van der Waals surface area (Å²) in [5, 5.41) is 0. The van der Waals surface area contributed by atoms with Crippen LogP contribution in [0.5, 0.6) is 11.5 Å². The lowest BCUT2D eigenvalue weighted by Crippen LogP contribution is -2.38. The van der Waals surface area contributed by atoms with Gasteiger partial charge in [0.05, 0.1) is 14.2 Å². The van der Waals surface area contributed by atoms with E-state index in [1.165, 1.54) is 5.56 Å². The van der Waals surface area contributed by atoms with Crippen LogP contribution in [-0.2, 0) is 22.5 Å². The summed E-state index contributed by atoms with van der Waals surface area (Å²) in [5.74, 6) is 1.47. The van der Waals surface area contributed by atoms with Crippen LogP contribution in [0, 0.1) is 0 Å². The fourth-order valence-electron chi connectivity index (χ4n) is 2.38. The number of carbonyl (C=O) groups is 1. The van der Waals surface area contributed by atoms with Gasteiger partial charge in [-0.1, -0.05) is 0 Å². The number of hydrogen-bond donors (Lipinski definition) is 0. The third-order valence-electron chi connectivity index (χ3n) is 3.50. The fraction of sp³-hybridized carbons (Fsp3) is 0.533. The van der Waals surface area contributed by atoms with Crippen LogP contribution in [0.4, 0.5) is 0 Å². The third kappa shape index (κ3) is 3.04. The van der Waals surface area contributed by atoms with Crippen LogP contribution < -0.4 is 9.47 Å². The second-order valence-electron chi connectivity index (χ2n) is 4.68. The summed E-state index contributed by atoms with van der Waals surface area (Å²) >= 11 is 0. The van der Waals surface area contributed by atoms with Gasteiger partial charge in [0.1, 0.15) is 6.61 Å². The first-order chi connectivity index (χ1) is 9.69. The number of ether oxygens (including phenoxy) is 3. The summed E-state index contributed by atoms with van der Waals surface area (Å²) in [7, 11) is 3.25. The van der Waals surface area contributed by atoms with E-state index in [9.17, 15) is 4.79 Å². The van der Waals surface area contributed by atoms with Crippen LogP contribution in [0.15, 0.2) is 12.1 Å². The van der Waals surface area contributed by atoms with Gasteiger partial charge in [0.15, 0.2) is 11.5 Å². The Kier molecular flexibility index (Phi) is 4.84. The van der Waals surface area contributed by atoms with Crippen molar-refractivity contribution in [3.63, 3.8) is 0 Å². The molecule has 1 aliphatic heterocycles. The van der Waals surface area contributed by atoms with E-state index in [0.29, 0.717) is 25.4 Å². The zero-order valence-electron chi connectivity index (χ0n) is 12.3. The second kappa shape index (κ2) is 6.61. The number of rotatable bonds is 5. The Labute approximate surface area is 119 Å². The van der Waals surface area contributed by atoms with Gasteiger partial charge >= 0.3 is 0 Å². The maximum atomic E-state index is 12.0. The quantitative estimate of drug-likeness (QED) is 0.822. The average molecular weight is 279 g/mol. The van der Waals surface area contributed by atoms with Gasteiger partial charge in [-0.15, -0.1) is 0 Å². The van der Waals surface area contributed by atoms with Gasteiger partial charge in [0.2, 0.25) is 5.91 Å². The highest BCUT2D eigenvalue weighted by molar-refractivity contribution is 5.77. The summed E-state index contributed by atoms with van der Waals surface area (Å²) < 4.78 is 15.8. The molecule has 5 heteroatoms. The Bertz CT molecular complexity index is 487. The van der Waals surface area contributed by atoms with Crippen LogP contribution in [0.3, 0.4) is 0 Å². The minimum Gasteiger partial charge on any atom is -0.493 e. The lowest BCUT2D eigenvalue weighted by atomic mass is 9.99. The lowest BCUT2D eigenvalue weighted by molar-refractivity contribution is -0.136. The van der Waals surface area contributed by atoms with E-state index in [4.69, 9.17) is 14.2 Å². The topological polar surface area (TPSA) is 48.0 Å². The predicted molar refractivity (Wildman–Crippen MR) is 75.2 cm³/mol. The van der Waals surface area contributed by atoms with Crippen molar-refractivity contribution in [3.05, 3.63) is 23.3 Å². The lowest BCUT2D eigenvalue weighted by Gasteiger charge is -2.29. The first kappa shape index (κ1) is 14.7. The number of methoxy groups -OCH3 is 2. The van der Waals surface area contributed by atoms with Crippen molar-refractivity contribution >= 4 is 5.91 Å². The first-order valence-corrected chi connectivity index (χ1v) is 6.78. The summed E-state index contributed by atoms with van der Waals surface area (Å²) in [5.41, 5.74) is 2.32. The van der Waals surface area contributed by atoms with Gasteiger partial charge in [0.25, 0.3) is 0 Å². The molecule has 1 heterocycles. The minimum absolute atomic E-state index is 0.0345. The molecule has 0 aromatic heterocycles. The van der Waals surface area contributed by atoms with E-state index >= 15 is 0 Å². The van der Waals surface area contributed by atoms with Crippen LogP contribution >= 0.6 is 0 Å². The number of hydrogen-bond acceptors (Lipinski definition) is 4. The SMILES string of the molecule is CCOCC(=O)N1CCc2cc(OC)c(OC)cc2C1. The average Bonchev–Trinajstić information content (AvgIpc) is 2.50. The number of nitrogens with zero attached hydrogens (tertiary/aromatic N) is 1. The molecule has 0 aliphatic carbocycles. The predicted octanol–water partition coefficient (Wildman–Crippen LogP) is 1.62. The first-order valence-electron chi connectivity index (χ1n) is 6.78. The number of amides is 1. The summed E-state index contributed by atoms with van der Waals surface area (Å²) in [6, 6.07) is 3.95. The van der Waals surface area contributed by atoms with E-state index in [1.54, 1.807) is 14.2 Å². The molecule has 1 aromatic carbocycles. The molecular weight excluding hydrogens is 258 g/mol. The minimum atomic E-state index is 0.0345. The molecular formula is C15H21NO4. The van der Waals surface area contributed by atoms with E-state index in [-0.39, 0.29) is 12.5 Å². The molecule has 0 fully saturated rings. The van der Waals surface area contributed by atoms with Crippen molar-refractivity contribution < 1.29 is 19.0 Å². The Morgan fingerprint density at radius 1 is 1.20 bits per heavy atom. The zero-order chi connectivity index (χ0) is 14.5. The van der Waals surface area contributed by atoms with Crippen molar-refractivity contribution in [2.45, 2.75) is 19.9 Å². The van der Waals surface area contributed by atoms with E-state index < -0.39 is 0 Å².